The monoisotopic (exact) mass is 468 g/mol. The van der Waals surface area contributed by atoms with Gasteiger partial charge >= 0.3 is 5.97 Å². The van der Waals surface area contributed by atoms with Crippen LogP contribution in [0.5, 0.6) is 5.88 Å². The van der Waals surface area contributed by atoms with Gasteiger partial charge in [-0.3, -0.25) is 0 Å². The number of sulfone groups is 1. The van der Waals surface area contributed by atoms with Gasteiger partial charge in [-0.25, -0.2) is 32.6 Å². The number of esters is 1. The van der Waals surface area contributed by atoms with Gasteiger partial charge in [0.1, 0.15) is 21.9 Å². The van der Waals surface area contributed by atoms with Gasteiger partial charge in [0.15, 0.2) is 0 Å². The largest absolute Gasteiger partial charge is 0.480 e. The summed E-state index contributed by atoms with van der Waals surface area (Å²) in [6.45, 7) is 1.70. The Hall–Kier alpha value is -3.92. The van der Waals surface area contributed by atoms with Crippen molar-refractivity contribution in [3.8, 4) is 17.0 Å². The van der Waals surface area contributed by atoms with Crippen LogP contribution in [0.4, 0.5) is 4.39 Å². The molecule has 4 rings (SSSR count). The van der Waals surface area contributed by atoms with Crippen LogP contribution >= 0.6 is 0 Å². The van der Waals surface area contributed by atoms with Crippen LogP contribution < -0.4 is 4.74 Å². The lowest BCUT2D eigenvalue weighted by Crippen LogP contribution is -2.10. The number of halogens is 1. The molecule has 0 aliphatic rings. The summed E-state index contributed by atoms with van der Waals surface area (Å²) in [6, 6.07) is 9.33. The van der Waals surface area contributed by atoms with Crippen molar-refractivity contribution in [1.82, 2.24) is 15.0 Å². The fourth-order valence-electron chi connectivity index (χ4n) is 3.22. The number of rotatable bonds is 6. The molecule has 0 atom stereocenters. The minimum atomic E-state index is -4.42. The number of carbonyl (C=O) groups is 1. The molecule has 0 radical (unpaired) electrons. The fourth-order valence-corrected chi connectivity index (χ4v) is 4.67. The number of carbonyl (C=O) groups excluding carboxylic acids is 1. The van der Waals surface area contributed by atoms with Gasteiger partial charge < -0.3 is 9.47 Å². The minimum absolute atomic E-state index is 0.0185. The van der Waals surface area contributed by atoms with E-state index in [-0.39, 0.29) is 29.1 Å². The van der Waals surface area contributed by atoms with E-state index in [4.69, 9.17) is 10.8 Å². The smallest absolute Gasteiger partial charge is 0.338 e. The highest BCUT2D eigenvalue weighted by Crippen LogP contribution is 2.33. The Morgan fingerprint density at radius 2 is 1.91 bits per heavy atom. The van der Waals surface area contributed by atoms with Crippen molar-refractivity contribution in [2.45, 2.75) is 16.7 Å². The van der Waals surface area contributed by atoms with Gasteiger partial charge in [0, 0.05) is 23.3 Å². The van der Waals surface area contributed by atoms with Crippen LogP contribution in [0.25, 0.3) is 22.0 Å². The topological polar surface area (TPSA) is 108 Å². The van der Waals surface area contributed by atoms with Crippen molar-refractivity contribution >= 4 is 26.7 Å². The zero-order valence-corrected chi connectivity index (χ0v) is 18.4. The highest BCUT2D eigenvalue weighted by Gasteiger charge is 2.28. The fraction of sp³-hybridized carbons (Fsp3) is 0.130. The summed E-state index contributed by atoms with van der Waals surface area (Å²) in [6.07, 6.45) is 2.71. The van der Waals surface area contributed by atoms with Gasteiger partial charge in [-0.2, -0.15) is 0 Å². The van der Waals surface area contributed by atoms with Gasteiger partial charge in [0.25, 0.3) is 0 Å². The van der Waals surface area contributed by atoms with Crippen LogP contribution in [0.15, 0.2) is 71.0 Å². The number of hydrogen-bond donors (Lipinski definition) is 0. The van der Waals surface area contributed by atoms with E-state index in [0.717, 1.165) is 12.1 Å². The van der Waals surface area contributed by atoms with Gasteiger partial charge in [-0.05, 0) is 48.9 Å². The van der Waals surface area contributed by atoms with Crippen LogP contribution in [0.2, 0.25) is 0 Å². The van der Waals surface area contributed by atoms with Crippen LogP contribution in [-0.4, -0.2) is 43.1 Å². The molecule has 0 unspecified atom stereocenters. The maximum atomic E-state index is 14.8. The molecule has 4 aromatic rings. The molecular formula is C23H18FN3O5S. The Bertz CT molecular complexity index is 1530. The maximum absolute atomic E-state index is 14.8. The third-order valence-corrected chi connectivity index (χ3v) is 6.58. The first-order valence-corrected chi connectivity index (χ1v) is 11.2. The van der Waals surface area contributed by atoms with Crippen molar-refractivity contribution < 1.29 is 28.4 Å². The standard InChI is InChI=1S/C23H18FN3O5S/c1-3-32-23(28)15-5-7-20(18(24)9-15)33(29,30)21-10-16(12-26-22(21)31-2)14-4-6-19-17(8-14)11-25-13-27-19/h4-13H,3H2,1-2H3/i11D. The Kier molecular flexibility index (Phi) is 5.66. The third kappa shape index (κ3) is 4.24. The lowest BCUT2D eigenvalue weighted by Gasteiger charge is -2.12. The van der Waals surface area contributed by atoms with Gasteiger partial charge in [-0.1, -0.05) is 6.07 Å². The first-order valence-electron chi connectivity index (χ1n) is 10.2. The summed E-state index contributed by atoms with van der Waals surface area (Å²) in [5.41, 5.74) is 1.40. The molecular weight excluding hydrogens is 449 g/mol. The van der Waals surface area contributed by atoms with Gasteiger partial charge in [-0.15, -0.1) is 0 Å². The molecule has 0 spiro atoms. The molecule has 0 saturated heterocycles. The van der Waals surface area contributed by atoms with Crippen LogP contribution in [0, 0.1) is 5.82 Å². The van der Waals surface area contributed by atoms with Gasteiger partial charge in [0.2, 0.25) is 15.7 Å². The Labute approximate surface area is 190 Å². The van der Waals surface area contributed by atoms with E-state index in [1.54, 1.807) is 25.1 Å². The van der Waals surface area contributed by atoms with Crippen LogP contribution in [0.3, 0.4) is 0 Å². The number of pyridine rings is 1. The van der Waals surface area contributed by atoms with Crippen molar-refractivity contribution in [1.29, 1.82) is 0 Å². The highest BCUT2D eigenvalue weighted by atomic mass is 32.2. The number of nitrogens with zero attached hydrogens (tertiary/aromatic N) is 3. The van der Waals surface area contributed by atoms with E-state index >= 15 is 0 Å². The van der Waals surface area contributed by atoms with E-state index in [1.165, 1.54) is 31.8 Å². The minimum Gasteiger partial charge on any atom is -0.480 e. The van der Waals surface area contributed by atoms with Crippen molar-refractivity contribution in [2.24, 2.45) is 0 Å². The molecule has 0 bridgehead atoms. The van der Waals surface area contributed by atoms with E-state index in [0.29, 0.717) is 22.0 Å². The summed E-state index contributed by atoms with van der Waals surface area (Å²) < 4.78 is 59.5. The molecule has 2 heterocycles. The molecule has 0 saturated carbocycles. The molecule has 2 aromatic carbocycles. The number of fused-ring (bicyclic) bond motifs is 1. The molecule has 8 nitrogen and oxygen atoms in total. The summed E-state index contributed by atoms with van der Waals surface area (Å²) >= 11 is 0. The lowest BCUT2D eigenvalue weighted by molar-refractivity contribution is 0.0525. The second kappa shape index (κ2) is 8.91. The zero-order valence-electron chi connectivity index (χ0n) is 18.6. The second-order valence-corrected chi connectivity index (χ2v) is 8.70. The molecule has 0 fully saturated rings. The number of benzene rings is 2. The van der Waals surface area contributed by atoms with Crippen LogP contribution in [-0.2, 0) is 14.6 Å². The van der Waals surface area contributed by atoms with Crippen LogP contribution in [0.1, 0.15) is 18.7 Å². The summed E-state index contributed by atoms with van der Waals surface area (Å²) in [7, 11) is -3.17. The van der Waals surface area contributed by atoms with Gasteiger partial charge in [0.05, 0.1) is 26.2 Å². The summed E-state index contributed by atoms with van der Waals surface area (Å²) in [5.74, 6) is -2.09. The number of aromatic nitrogens is 3. The molecule has 0 N–H and O–H groups in total. The summed E-state index contributed by atoms with van der Waals surface area (Å²) in [4.78, 5) is 22.9. The molecule has 33 heavy (non-hydrogen) atoms. The predicted molar refractivity (Wildman–Crippen MR) is 117 cm³/mol. The van der Waals surface area contributed by atoms with Crippen molar-refractivity contribution in [3.63, 3.8) is 0 Å². The first kappa shape index (κ1) is 21.0. The third-order valence-electron chi connectivity index (χ3n) is 4.80. The second-order valence-electron chi connectivity index (χ2n) is 6.82. The first-order chi connectivity index (χ1) is 16.3. The number of ether oxygens (including phenoxy) is 2. The lowest BCUT2D eigenvalue weighted by atomic mass is 10.1. The molecule has 0 aliphatic heterocycles. The molecule has 2 aromatic heterocycles. The van der Waals surface area contributed by atoms with Crippen molar-refractivity contribution in [2.75, 3.05) is 13.7 Å². The molecule has 10 heteroatoms. The average Bonchev–Trinajstić information content (AvgIpc) is 2.83. The maximum Gasteiger partial charge on any atom is 0.338 e. The van der Waals surface area contributed by atoms with E-state index < -0.39 is 26.5 Å². The average molecular weight is 468 g/mol. The molecule has 0 aliphatic carbocycles. The normalized spacial score (nSPS) is 11.8. The number of methoxy groups -OCH3 is 1. The Morgan fingerprint density at radius 1 is 1.09 bits per heavy atom. The summed E-state index contributed by atoms with van der Waals surface area (Å²) in [5, 5.41) is 0.473. The SMILES string of the molecule is [2H]c1ncnc2ccc(-c3cnc(OC)c(S(=O)(=O)c4ccc(C(=O)OCC)cc4F)c3)cc12. The Morgan fingerprint density at radius 3 is 2.64 bits per heavy atom. The quantitative estimate of drug-likeness (QED) is 0.393. The van der Waals surface area contributed by atoms with E-state index in [1.807, 2.05) is 0 Å². The van der Waals surface area contributed by atoms with E-state index in [9.17, 15) is 17.6 Å². The van der Waals surface area contributed by atoms with Crippen molar-refractivity contribution in [3.05, 3.63) is 72.5 Å². The Balaban J connectivity index is 1.82. The highest BCUT2D eigenvalue weighted by molar-refractivity contribution is 7.91. The molecule has 168 valence electrons. The number of hydrogen-bond acceptors (Lipinski definition) is 8. The zero-order chi connectivity index (χ0) is 24.5. The predicted octanol–water partition coefficient (Wildman–Crippen LogP) is 3.85. The van der Waals surface area contributed by atoms with E-state index in [2.05, 4.69) is 15.0 Å². The molecule has 0 amide bonds.